The van der Waals surface area contributed by atoms with Gasteiger partial charge in [0.05, 0.1) is 28.9 Å². The van der Waals surface area contributed by atoms with Gasteiger partial charge in [0.2, 0.25) is 5.88 Å². The highest BCUT2D eigenvalue weighted by Gasteiger charge is 2.09. The number of carbonyl (C=O) groups is 1. The Morgan fingerprint density at radius 2 is 1.93 bits per heavy atom. The van der Waals surface area contributed by atoms with E-state index < -0.39 is 6.09 Å². The third-order valence-corrected chi connectivity index (χ3v) is 4.38. The zero-order valence-electron chi connectivity index (χ0n) is 15.7. The Labute approximate surface area is 178 Å². The largest absolute Gasteiger partial charge is 0.478 e. The van der Waals surface area contributed by atoms with Crippen LogP contribution in [0, 0.1) is 0 Å². The van der Waals surface area contributed by atoms with E-state index in [0.29, 0.717) is 22.9 Å². The number of hydrogen-bond acceptors (Lipinski definition) is 4. The Bertz CT molecular complexity index is 1050. The average molecular weight is 432 g/mol. The fourth-order valence-corrected chi connectivity index (χ4v) is 2.87. The predicted octanol–water partition coefficient (Wildman–Crippen LogP) is 5.46. The minimum Gasteiger partial charge on any atom is -0.478 e. The van der Waals surface area contributed by atoms with Crippen molar-refractivity contribution < 1.29 is 14.3 Å². The van der Waals surface area contributed by atoms with E-state index in [1.165, 1.54) is 18.3 Å². The Balaban J connectivity index is 1.88. The zero-order valence-corrected chi connectivity index (χ0v) is 17.2. The summed E-state index contributed by atoms with van der Waals surface area (Å²) in [6.07, 6.45) is 2.53. The van der Waals surface area contributed by atoms with Crippen LogP contribution in [0.25, 0.3) is 5.69 Å². The van der Waals surface area contributed by atoms with Gasteiger partial charge in [0, 0.05) is 11.1 Å². The number of carbonyl (C=O) groups excluding carboxylic acids is 1. The summed E-state index contributed by atoms with van der Waals surface area (Å²) in [4.78, 5) is 16.1. The van der Waals surface area contributed by atoms with Gasteiger partial charge < -0.3 is 9.47 Å². The highest BCUT2D eigenvalue weighted by molar-refractivity contribution is 6.35. The lowest BCUT2D eigenvalue weighted by molar-refractivity contribution is 0.210. The van der Waals surface area contributed by atoms with Crippen LogP contribution in [0.1, 0.15) is 19.8 Å². The van der Waals surface area contributed by atoms with Gasteiger partial charge >= 0.3 is 6.09 Å². The van der Waals surface area contributed by atoms with E-state index in [1.54, 1.807) is 16.8 Å². The van der Waals surface area contributed by atoms with E-state index >= 15 is 0 Å². The maximum absolute atomic E-state index is 12.2. The molecule has 8 heteroatoms. The van der Waals surface area contributed by atoms with Crippen LogP contribution < -0.4 is 14.8 Å². The molecule has 6 nitrogen and oxygen atoms in total. The van der Waals surface area contributed by atoms with E-state index in [1.807, 2.05) is 30.3 Å². The van der Waals surface area contributed by atoms with Crippen molar-refractivity contribution in [2.45, 2.75) is 19.8 Å². The summed E-state index contributed by atoms with van der Waals surface area (Å²) in [6.45, 7) is 2.61. The van der Waals surface area contributed by atoms with E-state index in [4.69, 9.17) is 32.7 Å². The molecular weight excluding hydrogens is 413 g/mol. The first-order chi connectivity index (χ1) is 14.1. The second-order valence-electron chi connectivity index (χ2n) is 6.06. The van der Waals surface area contributed by atoms with Crippen LogP contribution in [0.5, 0.6) is 11.6 Å². The number of hydrogen-bond donors (Lipinski definition) is 0. The number of halogens is 2. The third kappa shape index (κ3) is 5.82. The summed E-state index contributed by atoms with van der Waals surface area (Å²) in [5.41, 5.74) is 0.834. The van der Waals surface area contributed by atoms with Gasteiger partial charge in [-0.15, -0.1) is 0 Å². The van der Waals surface area contributed by atoms with Crippen molar-refractivity contribution >= 4 is 29.3 Å². The van der Waals surface area contributed by atoms with E-state index in [9.17, 15) is 4.79 Å². The topological polar surface area (TPSA) is 65.7 Å². The number of ether oxygens (including phenoxy) is 2. The summed E-state index contributed by atoms with van der Waals surface area (Å²) in [7, 11) is 0. The maximum Gasteiger partial charge on any atom is 0.439 e. The van der Waals surface area contributed by atoms with Crippen molar-refractivity contribution in [1.29, 1.82) is 0 Å². The molecule has 1 amide bonds. The van der Waals surface area contributed by atoms with E-state index in [-0.39, 0.29) is 10.8 Å². The van der Waals surface area contributed by atoms with Gasteiger partial charge in [-0.1, -0.05) is 54.7 Å². The first-order valence-corrected chi connectivity index (χ1v) is 9.81. The van der Waals surface area contributed by atoms with Crippen LogP contribution in [-0.4, -0.2) is 22.5 Å². The van der Waals surface area contributed by atoms with Gasteiger partial charge in [-0.3, -0.25) is 0 Å². The van der Waals surface area contributed by atoms with Crippen molar-refractivity contribution in [3.63, 3.8) is 0 Å². The van der Waals surface area contributed by atoms with E-state index in [0.717, 1.165) is 18.5 Å². The van der Waals surface area contributed by atoms with Crippen LogP contribution in [0.3, 0.4) is 0 Å². The molecule has 0 bridgehead atoms. The zero-order chi connectivity index (χ0) is 20.6. The van der Waals surface area contributed by atoms with Gasteiger partial charge in [-0.2, -0.15) is 10.1 Å². The van der Waals surface area contributed by atoms with Crippen molar-refractivity contribution in [3.8, 4) is 17.3 Å². The monoisotopic (exact) mass is 431 g/mol. The smallest absolute Gasteiger partial charge is 0.439 e. The number of nitrogens with zero attached hydrogens (tertiary/aromatic N) is 3. The molecule has 0 fully saturated rings. The highest BCUT2D eigenvalue weighted by Crippen LogP contribution is 2.27. The molecule has 0 radical (unpaired) electrons. The molecule has 1 heterocycles. The molecule has 0 aliphatic carbocycles. The Kier molecular flexibility index (Phi) is 7.27. The Morgan fingerprint density at radius 3 is 2.66 bits per heavy atom. The summed E-state index contributed by atoms with van der Waals surface area (Å²) in [5.74, 6) is 0.649. The molecule has 1 aromatic heterocycles. The van der Waals surface area contributed by atoms with Crippen LogP contribution >= 0.6 is 23.2 Å². The summed E-state index contributed by atoms with van der Waals surface area (Å²) < 4.78 is 12.7. The molecule has 29 heavy (non-hydrogen) atoms. The highest BCUT2D eigenvalue weighted by atomic mass is 35.5. The normalized spacial score (nSPS) is 11.3. The van der Waals surface area contributed by atoms with Gasteiger partial charge in [-0.25, -0.2) is 9.48 Å². The van der Waals surface area contributed by atoms with Crippen molar-refractivity contribution in [1.82, 2.24) is 9.78 Å². The van der Waals surface area contributed by atoms with Gasteiger partial charge in [-0.05, 0) is 36.8 Å². The van der Waals surface area contributed by atoms with Crippen molar-refractivity contribution in [3.05, 3.63) is 76.2 Å². The van der Waals surface area contributed by atoms with Gasteiger partial charge in [0.15, 0.2) is 5.75 Å². The van der Waals surface area contributed by atoms with Crippen molar-refractivity contribution in [2.24, 2.45) is 4.99 Å². The first kappa shape index (κ1) is 20.9. The molecule has 0 atom stereocenters. The fraction of sp³-hybridized carbons (Fsp3) is 0.190. The molecule has 0 aliphatic heterocycles. The first-order valence-electron chi connectivity index (χ1n) is 9.06. The van der Waals surface area contributed by atoms with Gasteiger partial charge in [0.25, 0.3) is 0 Å². The van der Waals surface area contributed by atoms with Crippen LogP contribution in [0.15, 0.2) is 65.8 Å². The second-order valence-corrected chi connectivity index (χ2v) is 6.90. The van der Waals surface area contributed by atoms with Crippen LogP contribution in [-0.2, 0) is 0 Å². The predicted molar refractivity (Wildman–Crippen MR) is 112 cm³/mol. The summed E-state index contributed by atoms with van der Waals surface area (Å²) in [6, 6.07) is 15.8. The Hall–Kier alpha value is -2.83. The molecule has 3 aromatic rings. The SMILES string of the molecule is CCCCOc1cc(=NC(=O)Oc2ccc(Cl)cc2Cl)cnn1-c1ccccc1. The third-order valence-electron chi connectivity index (χ3n) is 3.85. The van der Waals surface area contributed by atoms with Crippen LogP contribution in [0.2, 0.25) is 10.0 Å². The van der Waals surface area contributed by atoms with E-state index in [2.05, 4.69) is 17.0 Å². The molecule has 0 unspecified atom stereocenters. The molecule has 0 N–H and O–H groups in total. The average Bonchev–Trinajstić information content (AvgIpc) is 2.71. The molecule has 2 aromatic carbocycles. The lowest BCUT2D eigenvalue weighted by Gasteiger charge is -2.13. The number of rotatable bonds is 6. The minimum atomic E-state index is -0.826. The standard InChI is InChI=1S/C21H19Cl2N3O3/c1-2-3-11-28-20-13-16(14-24-26(20)17-7-5-4-6-8-17)25-21(27)29-19-10-9-15(22)12-18(19)23/h4-10,12-14H,2-3,11H2,1H3. The number of para-hydroxylation sites is 1. The lowest BCUT2D eigenvalue weighted by Crippen LogP contribution is -2.16. The summed E-state index contributed by atoms with van der Waals surface area (Å²) in [5, 5.41) is 5.33. The minimum absolute atomic E-state index is 0.174. The molecule has 3 rings (SSSR count). The molecule has 0 saturated heterocycles. The number of unbranched alkanes of at least 4 members (excludes halogenated alkanes) is 1. The van der Waals surface area contributed by atoms with Gasteiger partial charge in [0.1, 0.15) is 0 Å². The van der Waals surface area contributed by atoms with Crippen LogP contribution in [0.4, 0.5) is 4.79 Å². The lowest BCUT2D eigenvalue weighted by atomic mass is 10.3. The maximum atomic E-state index is 12.2. The Morgan fingerprint density at radius 1 is 1.14 bits per heavy atom. The fourth-order valence-electron chi connectivity index (χ4n) is 2.43. The number of aromatic nitrogens is 2. The number of amides is 1. The molecule has 0 saturated carbocycles. The summed E-state index contributed by atoms with van der Waals surface area (Å²) >= 11 is 11.9. The molecule has 0 spiro atoms. The molecule has 150 valence electrons. The molecular formula is C21H19Cl2N3O3. The number of benzene rings is 2. The molecule has 0 aliphatic rings. The second kappa shape index (κ2) is 10.1. The van der Waals surface area contributed by atoms with Crippen molar-refractivity contribution in [2.75, 3.05) is 6.61 Å². The quantitative estimate of drug-likeness (QED) is 0.486.